The van der Waals surface area contributed by atoms with Crippen LogP contribution in [0.1, 0.15) is 12.8 Å². The van der Waals surface area contributed by atoms with Gasteiger partial charge in [0.05, 0.1) is 0 Å². The molecule has 0 aliphatic rings. The van der Waals surface area contributed by atoms with Gasteiger partial charge in [0, 0.05) is 26.1 Å². The van der Waals surface area contributed by atoms with E-state index >= 15 is 0 Å². The van der Waals surface area contributed by atoms with Gasteiger partial charge in [0.2, 0.25) is 0 Å². The van der Waals surface area contributed by atoms with Gasteiger partial charge in [0.1, 0.15) is 12.6 Å². The average molecular weight is 148 g/mol. The van der Waals surface area contributed by atoms with Crippen molar-refractivity contribution in [2.45, 2.75) is 12.8 Å². The first-order valence-corrected chi connectivity index (χ1v) is 2.92. The van der Waals surface area contributed by atoms with Crippen LogP contribution in [-0.4, -0.2) is 36.0 Å². The van der Waals surface area contributed by atoms with E-state index in [1.165, 1.54) is 0 Å². The van der Waals surface area contributed by atoms with E-state index in [0.717, 1.165) is 0 Å². The van der Waals surface area contributed by atoms with Gasteiger partial charge >= 0.3 is 0 Å². The first-order valence-electron chi connectivity index (χ1n) is 2.92. The molecule has 0 rings (SSSR count). The first kappa shape index (κ1) is 12.0. The number of aldehydes is 2. The number of rotatable bonds is 4. The van der Waals surface area contributed by atoms with Gasteiger partial charge in [-0.3, -0.25) is 0 Å². The molecule has 0 fully saturated rings. The van der Waals surface area contributed by atoms with E-state index in [9.17, 15) is 9.59 Å². The third-order valence-corrected chi connectivity index (χ3v) is 0.494. The Kier molecular flexibility index (Phi) is 18.9. The van der Waals surface area contributed by atoms with Gasteiger partial charge in [-0.1, -0.05) is 0 Å². The Morgan fingerprint density at radius 3 is 1.20 bits per heavy atom. The molecule has 0 aromatic carbocycles. The van der Waals surface area contributed by atoms with Crippen LogP contribution in [0.3, 0.4) is 0 Å². The quantitative estimate of drug-likeness (QED) is 0.508. The highest BCUT2D eigenvalue weighted by atomic mass is 16.3. The smallest absolute Gasteiger partial charge is 0.122 e. The van der Waals surface area contributed by atoms with Crippen molar-refractivity contribution in [3.05, 3.63) is 0 Å². The monoisotopic (exact) mass is 148 g/mol. The zero-order valence-corrected chi connectivity index (χ0v) is 5.69. The molecule has 4 heteroatoms. The lowest BCUT2D eigenvalue weighted by Crippen LogP contribution is -1.78. The van der Waals surface area contributed by atoms with E-state index in [1.54, 1.807) is 0 Å². The topological polar surface area (TPSA) is 74.6 Å². The molecule has 0 saturated heterocycles. The van der Waals surface area contributed by atoms with E-state index in [2.05, 4.69) is 0 Å². The van der Waals surface area contributed by atoms with Crippen LogP contribution in [0.2, 0.25) is 0 Å². The normalized spacial score (nSPS) is 7.40. The Morgan fingerprint density at radius 2 is 1.20 bits per heavy atom. The molecule has 0 aliphatic heterocycles. The number of carbonyl (C=O) groups is 2. The molecule has 0 saturated carbocycles. The summed E-state index contributed by atoms with van der Waals surface area (Å²) in [5.41, 5.74) is 0. The molecule has 10 heavy (non-hydrogen) atoms. The Labute approximate surface area is 59.5 Å². The van der Waals surface area contributed by atoms with Crippen LogP contribution >= 0.6 is 0 Å². The van der Waals surface area contributed by atoms with Gasteiger partial charge in [-0.15, -0.1) is 0 Å². The third-order valence-electron chi connectivity index (χ3n) is 0.494. The van der Waals surface area contributed by atoms with E-state index in [4.69, 9.17) is 10.2 Å². The molecule has 0 radical (unpaired) electrons. The van der Waals surface area contributed by atoms with Crippen molar-refractivity contribution >= 4 is 12.6 Å². The maximum Gasteiger partial charge on any atom is 0.122 e. The van der Waals surface area contributed by atoms with Crippen molar-refractivity contribution in [3.63, 3.8) is 0 Å². The fourth-order valence-corrected chi connectivity index (χ4v) is 0.105. The van der Waals surface area contributed by atoms with Crippen LogP contribution in [0.4, 0.5) is 0 Å². The standard InChI is InChI=1S/2C3H6O2/c2*4-2-1-3-5/h2*2,5H,1,3H2. The van der Waals surface area contributed by atoms with Crippen LogP contribution in [0.15, 0.2) is 0 Å². The highest BCUT2D eigenvalue weighted by Gasteiger charge is 1.68. The number of hydrogen-bond donors (Lipinski definition) is 2. The molecule has 60 valence electrons. The molecule has 0 aromatic rings. The van der Waals surface area contributed by atoms with Gasteiger partial charge in [-0.05, 0) is 0 Å². The van der Waals surface area contributed by atoms with E-state index in [0.29, 0.717) is 12.6 Å². The van der Waals surface area contributed by atoms with Crippen molar-refractivity contribution in [3.8, 4) is 0 Å². The Hall–Kier alpha value is -0.740. The molecule has 0 heterocycles. The zero-order chi connectivity index (χ0) is 8.24. The SMILES string of the molecule is O=CCCO.O=CCCO. The van der Waals surface area contributed by atoms with Gasteiger partial charge < -0.3 is 19.8 Å². The van der Waals surface area contributed by atoms with E-state index < -0.39 is 0 Å². The van der Waals surface area contributed by atoms with Crippen molar-refractivity contribution in [1.29, 1.82) is 0 Å². The van der Waals surface area contributed by atoms with Crippen LogP contribution in [0, 0.1) is 0 Å². The van der Waals surface area contributed by atoms with Gasteiger partial charge in [-0.2, -0.15) is 0 Å². The molecule has 0 bridgehead atoms. The molecule has 0 unspecified atom stereocenters. The van der Waals surface area contributed by atoms with Gasteiger partial charge in [-0.25, -0.2) is 0 Å². The van der Waals surface area contributed by atoms with Crippen molar-refractivity contribution in [2.75, 3.05) is 13.2 Å². The summed E-state index contributed by atoms with van der Waals surface area (Å²) < 4.78 is 0. The molecule has 0 aromatic heterocycles. The average Bonchev–Trinajstić information content (AvgIpc) is 1.93. The Balaban J connectivity index is 0. The zero-order valence-electron chi connectivity index (χ0n) is 5.69. The fourth-order valence-electron chi connectivity index (χ4n) is 0.105. The number of carbonyl (C=O) groups excluding carboxylic acids is 2. The second-order valence-electron chi connectivity index (χ2n) is 1.36. The van der Waals surface area contributed by atoms with Gasteiger partial charge in [0.25, 0.3) is 0 Å². The summed E-state index contributed by atoms with van der Waals surface area (Å²) in [6.07, 6.45) is 1.89. The molecular formula is C6H12O4. The van der Waals surface area contributed by atoms with Crippen LogP contribution < -0.4 is 0 Å². The lowest BCUT2D eigenvalue weighted by atomic mass is 10.5. The lowest BCUT2D eigenvalue weighted by Gasteiger charge is -1.69. The molecule has 4 nitrogen and oxygen atoms in total. The van der Waals surface area contributed by atoms with E-state index in [-0.39, 0.29) is 26.1 Å². The Bertz CT molecular complexity index is 62.1. The highest BCUT2D eigenvalue weighted by Crippen LogP contribution is 1.59. The minimum absolute atomic E-state index is 0.0243. The maximum atomic E-state index is 9.24. The minimum Gasteiger partial charge on any atom is -0.396 e. The molecule has 0 spiro atoms. The molecular weight excluding hydrogens is 136 g/mol. The van der Waals surface area contributed by atoms with E-state index in [1.807, 2.05) is 0 Å². The summed E-state index contributed by atoms with van der Waals surface area (Å²) in [6.45, 7) is -0.0486. The Morgan fingerprint density at radius 1 is 0.900 bits per heavy atom. The summed E-state index contributed by atoms with van der Waals surface area (Å²) in [5, 5.41) is 15.7. The summed E-state index contributed by atoms with van der Waals surface area (Å²) in [5.74, 6) is 0. The first-order chi connectivity index (χ1) is 4.83. The molecule has 0 aliphatic carbocycles. The van der Waals surface area contributed by atoms with Crippen LogP contribution in [0.5, 0.6) is 0 Å². The largest absolute Gasteiger partial charge is 0.396 e. The fraction of sp³-hybridized carbons (Fsp3) is 0.667. The number of hydrogen-bond acceptors (Lipinski definition) is 4. The third kappa shape index (κ3) is 26.8. The minimum atomic E-state index is -0.0243. The summed E-state index contributed by atoms with van der Waals surface area (Å²) in [7, 11) is 0. The maximum absolute atomic E-state index is 9.24. The van der Waals surface area contributed by atoms with Crippen LogP contribution in [-0.2, 0) is 9.59 Å². The highest BCUT2D eigenvalue weighted by molar-refractivity contribution is 5.49. The van der Waals surface area contributed by atoms with Crippen molar-refractivity contribution in [2.24, 2.45) is 0 Å². The van der Waals surface area contributed by atoms with Crippen LogP contribution in [0.25, 0.3) is 0 Å². The lowest BCUT2D eigenvalue weighted by molar-refractivity contribution is -0.109. The van der Waals surface area contributed by atoms with Gasteiger partial charge in [0.15, 0.2) is 0 Å². The second kappa shape index (κ2) is 15.7. The van der Waals surface area contributed by atoms with Crippen molar-refractivity contribution in [1.82, 2.24) is 0 Å². The summed E-state index contributed by atoms with van der Waals surface area (Å²) in [6, 6.07) is 0. The van der Waals surface area contributed by atoms with Crippen molar-refractivity contribution < 1.29 is 19.8 Å². The predicted octanol–water partition coefficient (Wildman–Crippen LogP) is -0.865. The second-order valence-corrected chi connectivity index (χ2v) is 1.36. The predicted molar refractivity (Wildman–Crippen MR) is 35.5 cm³/mol. The molecule has 0 atom stereocenters. The molecule has 2 N–H and O–H groups in total. The summed E-state index contributed by atoms with van der Waals surface area (Å²) >= 11 is 0. The number of aliphatic hydroxyl groups excluding tert-OH is 2. The number of aliphatic hydroxyl groups is 2. The summed E-state index contributed by atoms with van der Waals surface area (Å²) in [4.78, 5) is 18.5. The molecule has 0 amide bonds.